The van der Waals surface area contributed by atoms with Gasteiger partial charge in [0.1, 0.15) is 11.9 Å². The molecule has 1 aromatic rings. The lowest BCUT2D eigenvalue weighted by Gasteiger charge is -2.36. The van der Waals surface area contributed by atoms with Crippen LogP contribution in [-0.4, -0.2) is 43.8 Å². The zero-order valence-electron chi connectivity index (χ0n) is 13.5. The van der Waals surface area contributed by atoms with Crippen LogP contribution < -0.4 is 9.47 Å². The molecule has 5 nitrogen and oxygen atoms in total. The molecule has 0 unspecified atom stereocenters. The third-order valence-corrected chi connectivity index (χ3v) is 4.83. The summed E-state index contributed by atoms with van der Waals surface area (Å²) in [6.07, 6.45) is 4.55. The Kier molecular flexibility index (Phi) is 3.53. The van der Waals surface area contributed by atoms with Crippen molar-refractivity contribution in [1.29, 1.82) is 0 Å². The first-order valence-electron chi connectivity index (χ1n) is 8.10. The maximum atomic E-state index is 10.1. The number of fused-ring (bicyclic) bond motifs is 4. The molecular weight excluding hydrogens is 294 g/mol. The molecule has 2 atom stereocenters. The number of methoxy groups -OCH3 is 2. The van der Waals surface area contributed by atoms with Crippen molar-refractivity contribution in [3.05, 3.63) is 28.8 Å². The molecule has 1 N–H and O–H groups in total. The molecule has 0 amide bonds. The van der Waals surface area contributed by atoms with Crippen molar-refractivity contribution in [3.63, 3.8) is 0 Å². The Morgan fingerprint density at radius 2 is 2.09 bits per heavy atom. The summed E-state index contributed by atoms with van der Waals surface area (Å²) in [6, 6.07) is 2.06. The number of nitrogens with zero attached hydrogens (tertiary/aromatic N) is 1. The van der Waals surface area contributed by atoms with Crippen LogP contribution in [0.25, 0.3) is 5.76 Å². The Labute approximate surface area is 135 Å². The first kappa shape index (κ1) is 14.6. The van der Waals surface area contributed by atoms with Crippen molar-refractivity contribution in [1.82, 2.24) is 0 Å². The molecule has 23 heavy (non-hydrogen) atoms. The van der Waals surface area contributed by atoms with Gasteiger partial charge in [-0.25, -0.2) is 0 Å². The van der Waals surface area contributed by atoms with Crippen LogP contribution in [0.3, 0.4) is 0 Å². The van der Waals surface area contributed by atoms with Gasteiger partial charge in [0.05, 0.1) is 31.6 Å². The number of benzene rings is 1. The average Bonchev–Trinajstić information content (AvgIpc) is 2.57. The topological polar surface area (TPSA) is 60.3 Å². The summed E-state index contributed by atoms with van der Waals surface area (Å²) < 4.78 is 17.4. The minimum absolute atomic E-state index is 0.0825. The van der Waals surface area contributed by atoms with E-state index in [1.54, 1.807) is 14.2 Å². The van der Waals surface area contributed by atoms with Gasteiger partial charge in [-0.2, -0.15) is 0 Å². The monoisotopic (exact) mass is 315 g/mol. The SMILES string of the molecule is COc1cc2c3c(c1OC)/C1=C/C[C@H](O)CC[C@@H](O1)C3=NCC2. The Morgan fingerprint density at radius 1 is 1.22 bits per heavy atom. The number of rotatable bonds is 2. The van der Waals surface area contributed by atoms with Gasteiger partial charge in [-0.05, 0) is 43.4 Å². The molecule has 0 saturated heterocycles. The Balaban J connectivity index is 2.00. The van der Waals surface area contributed by atoms with Gasteiger partial charge < -0.3 is 19.3 Å². The molecule has 3 aliphatic rings. The molecule has 1 aromatic carbocycles. The predicted molar refractivity (Wildman–Crippen MR) is 87.4 cm³/mol. The fourth-order valence-corrected chi connectivity index (χ4v) is 3.73. The van der Waals surface area contributed by atoms with E-state index in [-0.39, 0.29) is 12.2 Å². The summed E-state index contributed by atoms with van der Waals surface area (Å²) in [4.78, 5) is 4.74. The van der Waals surface area contributed by atoms with E-state index in [2.05, 4.69) is 6.07 Å². The number of aliphatic hydroxyl groups excluding tert-OH is 1. The van der Waals surface area contributed by atoms with Gasteiger partial charge in [0, 0.05) is 12.1 Å². The largest absolute Gasteiger partial charge is 0.493 e. The lowest BCUT2D eigenvalue weighted by Crippen LogP contribution is -2.35. The molecule has 5 heteroatoms. The first-order chi connectivity index (χ1) is 11.2. The van der Waals surface area contributed by atoms with Crippen LogP contribution >= 0.6 is 0 Å². The molecule has 0 fully saturated rings. The Morgan fingerprint density at radius 3 is 2.87 bits per heavy atom. The molecule has 0 radical (unpaired) electrons. The van der Waals surface area contributed by atoms with E-state index < -0.39 is 0 Å². The zero-order valence-corrected chi connectivity index (χ0v) is 13.5. The minimum Gasteiger partial charge on any atom is -0.493 e. The smallest absolute Gasteiger partial charge is 0.172 e. The second-order valence-corrected chi connectivity index (χ2v) is 6.18. The van der Waals surface area contributed by atoms with E-state index in [0.29, 0.717) is 17.9 Å². The molecule has 2 bridgehead atoms. The van der Waals surface area contributed by atoms with Crippen LogP contribution in [0, 0.1) is 0 Å². The molecule has 0 spiro atoms. The van der Waals surface area contributed by atoms with E-state index >= 15 is 0 Å². The van der Waals surface area contributed by atoms with Crippen LogP contribution in [0.1, 0.15) is 36.0 Å². The van der Waals surface area contributed by atoms with Crippen molar-refractivity contribution in [2.75, 3.05) is 20.8 Å². The standard InChI is InChI=1S/C18H21NO4/c1-21-14-9-10-7-8-19-17-13-6-4-11(20)3-5-12(23-13)16(15(10)17)18(14)22-2/h5,9,11,13,20H,3-4,6-8H2,1-2H3/b12-5-/t11-,13+/m0/s1. The highest BCUT2D eigenvalue weighted by Gasteiger charge is 2.38. The molecule has 3 heterocycles. The molecule has 122 valence electrons. The van der Waals surface area contributed by atoms with E-state index in [1.807, 2.05) is 6.08 Å². The highest BCUT2D eigenvalue weighted by Crippen LogP contribution is 2.46. The fourth-order valence-electron chi connectivity index (χ4n) is 3.73. The van der Waals surface area contributed by atoms with Gasteiger partial charge in [-0.15, -0.1) is 0 Å². The van der Waals surface area contributed by atoms with Crippen molar-refractivity contribution in [2.24, 2.45) is 4.99 Å². The molecular formula is C18H21NO4. The number of hydrogen-bond acceptors (Lipinski definition) is 5. The Bertz CT molecular complexity index is 707. The lowest BCUT2D eigenvalue weighted by atomic mass is 9.83. The second kappa shape index (κ2) is 5.57. The van der Waals surface area contributed by atoms with Gasteiger partial charge in [0.25, 0.3) is 0 Å². The van der Waals surface area contributed by atoms with Crippen molar-refractivity contribution >= 4 is 11.5 Å². The molecule has 4 rings (SSSR count). The summed E-state index contributed by atoms with van der Waals surface area (Å²) in [5, 5.41) is 10.1. The summed E-state index contributed by atoms with van der Waals surface area (Å²) in [7, 11) is 3.29. The minimum atomic E-state index is -0.335. The molecule has 0 saturated carbocycles. The lowest BCUT2D eigenvalue weighted by molar-refractivity contribution is 0.127. The molecule has 0 aromatic heterocycles. The normalized spacial score (nSPS) is 27.4. The van der Waals surface area contributed by atoms with Gasteiger partial charge >= 0.3 is 0 Å². The van der Waals surface area contributed by atoms with E-state index in [1.165, 1.54) is 5.56 Å². The first-order valence-corrected chi connectivity index (χ1v) is 8.10. The van der Waals surface area contributed by atoms with Gasteiger partial charge in [-0.1, -0.05) is 0 Å². The third kappa shape index (κ3) is 2.22. The number of ether oxygens (including phenoxy) is 3. The summed E-state index contributed by atoms with van der Waals surface area (Å²) in [5.41, 5.74) is 4.30. The van der Waals surface area contributed by atoms with Crippen molar-refractivity contribution in [2.45, 2.75) is 37.9 Å². The van der Waals surface area contributed by atoms with Crippen LogP contribution in [0.5, 0.6) is 11.5 Å². The van der Waals surface area contributed by atoms with Crippen LogP contribution in [0.15, 0.2) is 17.1 Å². The average molecular weight is 315 g/mol. The zero-order chi connectivity index (χ0) is 16.0. The quantitative estimate of drug-likeness (QED) is 0.910. The third-order valence-electron chi connectivity index (χ3n) is 4.83. The van der Waals surface area contributed by atoms with Crippen molar-refractivity contribution in [3.8, 4) is 11.5 Å². The maximum absolute atomic E-state index is 10.1. The van der Waals surface area contributed by atoms with Gasteiger partial charge in [-0.3, -0.25) is 4.99 Å². The number of aliphatic hydroxyl groups is 1. The highest BCUT2D eigenvalue weighted by atomic mass is 16.5. The van der Waals surface area contributed by atoms with Gasteiger partial charge in [0.2, 0.25) is 0 Å². The predicted octanol–water partition coefficient (Wildman–Crippen LogP) is 2.33. The second-order valence-electron chi connectivity index (χ2n) is 6.18. The summed E-state index contributed by atoms with van der Waals surface area (Å²) >= 11 is 0. The summed E-state index contributed by atoms with van der Waals surface area (Å²) in [5.74, 6) is 2.18. The van der Waals surface area contributed by atoms with E-state index in [0.717, 1.165) is 48.4 Å². The summed E-state index contributed by atoms with van der Waals surface area (Å²) in [6.45, 7) is 0.763. The van der Waals surface area contributed by atoms with Crippen LogP contribution in [0.4, 0.5) is 0 Å². The van der Waals surface area contributed by atoms with Crippen molar-refractivity contribution < 1.29 is 19.3 Å². The van der Waals surface area contributed by atoms with Crippen LogP contribution in [-0.2, 0) is 11.2 Å². The fraction of sp³-hybridized carbons (Fsp3) is 0.500. The van der Waals surface area contributed by atoms with E-state index in [9.17, 15) is 5.11 Å². The highest BCUT2D eigenvalue weighted by molar-refractivity contribution is 6.12. The van der Waals surface area contributed by atoms with Crippen LogP contribution in [0.2, 0.25) is 0 Å². The number of hydrogen-bond donors (Lipinski definition) is 1. The Hall–Kier alpha value is -2.01. The maximum Gasteiger partial charge on any atom is 0.172 e. The number of aliphatic imine (C=N–C) groups is 1. The van der Waals surface area contributed by atoms with E-state index in [4.69, 9.17) is 19.2 Å². The molecule has 3 aliphatic heterocycles. The molecule has 0 aliphatic carbocycles. The van der Waals surface area contributed by atoms with Gasteiger partial charge in [0.15, 0.2) is 11.5 Å².